The third kappa shape index (κ3) is 7.23. The van der Waals surface area contributed by atoms with Crippen molar-refractivity contribution in [1.82, 2.24) is 10.6 Å². The minimum Gasteiger partial charge on any atom is -0.497 e. The molecule has 5 heteroatoms. The highest BCUT2D eigenvalue weighted by molar-refractivity contribution is 5.85. The molecule has 1 heterocycles. The van der Waals surface area contributed by atoms with Gasteiger partial charge in [0.1, 0.15) is 5.75 Å². The van der Waals surface area contributed by atoms with E-state index in [9.17, 15) is 4.79 Å². The topological polar surface area (TPSA) is 50.4 Å². The van der Waals surface area contributed by atoms with Crippen LogP contribution in [0.3, 0.4) is 0 Å². The molecule has 0 saturated carbocycles. The summed E-state index contributed by atoms with van der Waals surface area (Å²) < 4.78 is 5.15. The molecule has 0 aliphatic carbocycles. The number of hydrogen-bond acceptors (Lipinski definition) is 3. The van der Waals surface area contributed by atoms with Crippen LogP contribution in [0.25, 0.3) is 0 Å². The van der Waals surface area contributed by atoms with Crippen LogP contribution in [0.2, 0.25) is 0 Å². The number of rotatable bonds is 8. The molecule has 23 heavy (non-hydrogen) atoms. The van der Waals surface area contributed by atoms with Gasteiger partial charge in [0.2, 0.25) is 5.91 Å². The Morgan fingerprint density at radius 2 is 2.13 bits per heavy atom. The summed E-state index contributed by atoms with van der Waals surface area (Å²) in [5.74, 6) is 1.75. The van der Waals surface area contributed by atoms with Crippen LogP contribution in [-0.4, -0.2) is 32.1 Å². The van der Waals surface area contributed by atoms with Gasteiger partial charge in [-0.15, -0.1) is 12.4 Å². The molecule has 2 unspecified atom stereocenters. The lowest BCUT2D eigenvalue weighted by molar-refractivity contribution is -0.122. The van der Waals surface area contributed by atoms with E-state index in [1.807, 2.05) is 12.1 Å². The smallest absolute Gasteiger partial charge is 0.220 e. The van der Waals surface area contributed by atoms with Crippen molar-refractivity contribution in [2.45, 2.75) is 45.1 Å². The molecule has 2 N–H and O–H groups in total. The Morgan fingerprint density at radius 1 is 1.39 bits per heavy atom. The minimum absolute atomic E-state index is 0. The third-order valence-corrected chi connectivity index (χ3v) is 4.37. The monoisotopic (exact) mass is 340 g/mol. The van der Waals surface area contributed by atoms with Gasteiger partial charge in [-0.1, -0.05) is 12.1 Å². The first-order valence-corrected chi connectivity index (χ1v) is 8.30. The van der Waals surface area contributed by atoms with Crippen molar-refractivity contribution in [3.63, 3.8) is 0 Å². The number of hydrogen-bond donors (Lipinski definition) is 2. The van der Waals surface area contributed by atoms with E-state index in [-0.39, 0.29) is 24.4 Å². The maximum Gasteiger partial charge on any atom is 0.220 e. The molecule has 1 saturated heterocycles. The lowest BCUT2D eigenvalue weighted by atomic mass is 10.0. The molecule has 0 radical (unpaired) electrons. The molecule has 0 spiro atoms. The van der Waals surface area contributed by atoms with E-state index in [0.717, 1.165) is 38.1 Å². The Balaban J connectivity index is 0.00000264. The van der Waals surface area contributed by atoms with Crippen molar-refractivity contribution >= 4 is 18.3 Å². The highest BCUT2D eigenvalue weighted by Crippen LogP contribution is 2.15. The highest BCUT2D eigenvalue weighted by Gasteiger charge is 2.16. The predicted octanol–water partition coefficient (Wildman–Crippen LogP) is 2.94. The second kappa shape index (κ2) is 10.5. The summed E-state index contributed by atoms with van der Waals surface area (Å²) in [6.45, 7) is 4.25. The van der Waals surface area contributed by atoms with Crippen LogP contribution in [0.15, 0.2) is 24.3 Å². The zero-order chi connectivity index (χ0) is 15.8. The second-order valence-corrected chi connectivity index (χ2v) is 6.25. The van der Waals surface area contributed by atoms with Gasteiger partial charge >= 0.3 is 0 Å². The third-order valence-electron chi connectivity index (χ3n) is 4.37. The summed E-state index contributed by atoms with van der Waals surface area (Å²) in [6.07, 6.45) is 4.80. The van der Waals surface area contributed by atoms with E-state index >= 15 is 0 Å². The number of benzene rings is 1. The van der Waals surface area contributed by atoms with E-state index in [2.05, 4.69) is 29.7 Å². The zero-order valence-corrected chi connectivity index (χ0v) is 15.0. The molecular formula is C18H29ClN2O2. The van der Waals surface area contributed by atoms with Crippen molar-refractivity contribution in [1.29, 1.82) is 0 Å². The molecule has 1 aromatic carbocycles. The fourth-order valence-electron chi connectivity index (χ4n) is 2.89. The molecule has 1 aliphatic rings. The summed E-state index contributed by atoms with van der Waals surface area (Å²) >= 11 is 0. The largest absolute Gasteiger partial charge is 0.497 e. The number of nitrogens with one attached hydrogen (secondary N) is 2. The Labute approximate surface area is 145 Å². The number of carbonyl (C=O) groups excluding carboxylic acids is 1. The number of carbonyl (C=O) groups is 1. The van der Waals surface area contributed by atoms with Gasteiger partial charge in [-0.05, 0) is 69.3 Å². The molecule has 1 aliphatic heterocycles. The summed E-state index contributed by atoms with van der Waals surface area (Å²) in [5.41, 5.74) is 1.28. The SMILES string of the molecule is COc1ccc(CCC(C)NC(=O)CCC2CCNC2)cc1.Cl. The molecule has 1 amide bonds. The predicted molar refractivity (Wildman–Crippen MR) is 96.4 cm³/mol. The van der Waals surface area contributed by atoms with Gasteiger partial charge in [-0.25, -0.2) is 0 Å². The summed E-state index contributed by atoms with van der Waals surface area (Å²) in [6, 6.07) is 8.35. The fraction of sp³-hybridized carbons (Fsp3) is 0.611. The summed E-state index contributed by atoms with van der Waals surface area (Å²) in [4.78, 5) is 12.0. The number of amides is 1. The van der Waals surface area contributed by atoms with Gasteiger partial charge in [0.15, 0.2) is 0 Å². The fourth-order valence-corrected chi connectivity index (χ4v) is 2.89. The van der Waals surface area contributed by atoms with E-state index in [0.29, 0.717) is 12.3 Å². The lowest BCUT2D eigenvalue weighted by Gasteiger charge is -2.15. The number of aryl methyl sites for hydroxylation is 1. The first-order chi connectivity index (χ1) is 10.7. The van der Waals surface area contributed by atoms with Crippen LogP contribution in [0.5, 0.6) is 5.75 Å². The van der Waals surface area contributed by atoms with Crippen LogP contribution in [0.1, 0.15) is 38.2 Å². The van der Waals surface area contributed by atoms with Crippen molar-refractivity contribution in [3.05, 3.63) is 29.8 Å². The van der Waals surface area contributed by atoms with Crippen molar-refractivity contribution < 1.29 is 9.53 Å². The van der Waals surface area contributed by atoms with Gasteiger partial charge in [-0.2, -0.15) is 0 Å². The molecule has 4 nitrogen and oxygen atoms in total. The molecule has 2 rings (SSSR count). The van der Waals surface area contributed by atoms with Crippen LogP contribution >= 0.6 is 12.4 Å². The molecular weight excluding hydrogens is 312 g/mol. The Morgan fingerprint density at radius 3 is 2.74 bits per heavy atom. The van der Waals surface area contributed by atoms with Crippen molar-refractivity contribution in [3.8, 4) is 5.75 Å². The van der Waals surface area contributed by atoms with Crippen LogP contribution < -0.4 is 15.4 Å². The Kier molecular flexibility index (Phi) is 9.03. The Bertz CT molecular complexity index is 459. The standard InChI is InChI=1S/C18H28N2O2.ClH/c1-14(3-4-15-5-8-17(22-2)9-6-15)20-18(21)10-7-16-11-12-19-13-16;/h5-6,8-9,14,16,19H,3-4,7,10-13H2,1-2H3,(H,20,21);1H. The first-order valence-electron chi connectivity index (χ1n) is 8.30. The van der Waals surface area contributed by atoms with Gasteiger partial charge in [0, 0.05) is 12.5 Å². The van der Waals surface area contributed by atoms with Crippen LogP contribution in [-0.2, 0) is 11.2 Å². The van der Waals surface area contributed by atoms with Gasteiger partial charge in [-0.3, -0.25) is 4.79 Å². The van der Waals surface area contributed by atoms with E-state index < -0.39 is 0 Å². The second-order valence-electron chi connectivity index (χ2n) is 6.25. The van der Waals surface area contributed by atoms with E-state index in [1.165, 1.54) is 12.0 Å². The van der Waals surface area contributed by atoms with E-state index in [1.54, 1.807) is 7.11 Å². The van der Waals surface area contributed by atoms with Crippen LogP contribution in [0.4, 0.5) is 0 Å². The van der Waals surface area contributed by atoms with Gasteiger partial charge in [0.25, 0.3) is 0 Å². The number of methoxy groups -OCH3 is 1. The lowest BCUT2D eigenvalue weighted by Crippen LogP contribution is -2.33. The average Bonchev–Trinajstić information content (AvgIpc) is 3.05. The molecule has 1 fully saturated rings. The average molecular weight is 341 g/mol. The maximum atomic E-state index is 12.0. The highest BCUT2D eigenvalue weighted by atomic mass is 35.5. The maximum absolute atomic E-state index is 12.0. The molecule has 130 valence electrons. The Hall–Kier alpha value is -1.26. The van der Waals surface area contributed by atoms with Crippen LogP contribution in [0, 0.1) is 5.92 Å². The summed E-state index contributed by atoms with van der Waals surface area (Å²) in [5, 5.41) is 6.46. The normalized spacial score (nSPS) is 18.1. The molecule has 2 atom stereocenters. The number of ether oxygens (including phenoxy) is 1. The number of halogens is 1. The zero-order valence-electron chi connectivity index (χ0n) is 14.1. The molecule has 1 aromatic rings. The van der Waals surface area contributed by atoms with Gasteiger partial charge in [0.05, 0.1) is 7.11 Å². The molecule has 0 bridgehead atoms. The van der Waals surface area contributed by atoms with E-state index in [4.69, 9.17) is 4.74 Å². The first kappa shape index (κ1) is 19.8. The minimum atomic E-state index is 0. The van der Waals surface area contributed by atoms with Gasteiger partial charge < -0.3 is 15.4 Å². The van der Waals surface area contributed by atoms with Crippen molar-refractivity contribution in [2.75, 3.05) is 20.2 Å². The molecule has 0 aromatic heterocycles. The summed E-state index contributed by atoms with van der Waals surface area (Å²) in [7, 11) is 1.67. The van der Waals surface area contributed by atoms with Crippen molar-refractivity contribution in [2.24, 2.45) is 5.92 Å². The quantitative estimate of drug-likeness (QED) is 0.765.